The van der Waals surface area contributed by atoms with Crippen molar-refractivity contribution in [3.05, 3.63) is 57.6 Å². The number of aromatic amines is 1. The van der Waals surface area contributed by atoms with Crippen LogP contribution < -0.4 is 15.0 Å². The molecule has 3 aromatic rings. The molecule has 1 amide bonds. The molecule has 156 valence electrons. The Morgan fingerprint density at radius 1 is 1.23 bits per heavy atom. The maximum absolute atomic E-state index is 13.1. The second kappa shape index (κ2) is 8.66. The van der Waals surface area contributed by atoms with Gasteiger partial charge in [0.2, 0.25) is 0 Å². The van der Waals surface area contributed by atoms with Crippen molar-refractivity contribution in [2.45, 2.75) is 18.8 Å². The predicted octanol–water partition coefficient (Wildman–Crippen LogP) is 2.93. The van der Waals surface area contributed by atoms with E-state index in [1.807, 2.05) is 5.38 Å². The lowest BCUT2D eigenvalue weighted by atomic mass is 9.95. The van der Waals surface area contributed by atoms with Gasteiger partial charge in [-0.15, -0.1) is 11.3 Å². The summed E-state index contributed by atoms with van der Waals surface area (Å²) in [4.78, 5) is 38.7. The van der Waals surface area contributed by atoms with Crippen LogP contribution in [-0.2, 0) is 0 Å². The van der Waals surface area contributed by atoms with Crippen molar-refractivity contribution in [1.82, 2.24) is 19.9 Å². The number of H-pyrrole nitrogens is 1. The van der Waals surface area contributed by atoms with E-state index < -0.39 is 0 Å². The zero-order chi connectivity index (χ0) is 21.1. The fourth-order valence-corrected chi connectivity index (χ4v) is 4.31. The monoisotopic (exact) mass is 426 g/mol. The van der Waals surface area contributed by atoms with Gasteiger partial charge in [-0.2, -0.15) is 0 Å². The molecule has 0 atom stereocenters. The average molecular weight is 426 g/mol. The van der Waals surface area contributed by atoms with Crippen LogP contribution in [0.2, 0.25) is 0 Å². The van der Waals surface area contributed by atoms with Crippen LogP contribution in [0.25, 0.3) is 10.7 Å². The standard InChI is InChI=1S/C21H22N4O4S/c1-28-16-5-3-4-14(18(16)29-2)21(27)25-9-6-13(7-10-25)19-23-15(12-17(26)24-19)20-22-8-11-30-20/h3-5,8,11-13H,6-7,9-10H2,1-2H3,(H,23,24,26). The summed E-state index contributed by atoms with van der Waals surface area (Å²) in [6.45, 7) is 1.13. The lowest BCUT2D eigenvalue weighted by Crippen LogP contribution is -2.38. The minimum Gasteiger partial charge on any atom is -0.493 e. The van der Waals surface area contributed by atoms with Crippen LogP contribution in [0.5, 0.6) is 11.5 Å². The maximum atomic E-state index is 13.1. The minimum atomic E-state index is -0.190. The first-order chi connectivity index (χ1) is 14.6. The van der Waals surface area contributed by atoms with Crippen LogP contribution in [0.3, 0.4) is 0 Å². The number of hydrogen-bond acceptors (Lipinski definition) is 7. The van der Waals surface area contributed by atoms with Crippen LogP contribution in [-0.4, -0.2) is 53.1 Å². The molecule has 0 saturated carbocycles. The summed E-state index contributed by atoms with van der Waals surface area (Å²) >= 11 is 1.45. The summed E-state index contributed by atoms with van der Waals surface area (Å²) in [6, 6.07) is 6.75. The summed E-state index contributed by atoms with van der Waals surface area (Å²) in [7, 11) is 3.07. The largest absolute Gasteiger partial charge is 0.493 e. The molecule has 1 aromatic carbocycles. The number of rotatable bonds is 5. The number of hydrogen-bond donors (Lipinski definition) is 1. The summed E-state index contributed by atoms with van der Waals surface area (Å²) in [5.74, 6) is 1.60. The molecule has 30 heavy (non-hydrogen) atoms. The molecule has 9 heteroatoms. The van der Waals surface area contributed by atoms with Crippen molar-refractivity contribution in [2.75, 3.05) is 27.3 Å². The van der Waals surface area contributed by atoms with Gasteiger partial charge >= 0.3 is 0 Å². The number of methoxy groups -OCH3 is 2. The number of carbonyl (C=O) groups excluding carboxylic acids is 1. The van der Waals surface area contributed by atoms with Gasteiger partial charge in [0.15, 0.2) is 11.5 Å². The Balaban J connectivity index is 1.50. The molecular formula is C21H22N4O4S. The SMILES string of the molecule is COc1cccc(C(=O)N2CCC(c3nc(-c4nccs4)cc(=O)[nH]3)CC2)c1OC. The Kier molecular flexibility index (Phi) is 5.80. The lowest BCUT2D eigenvalue weighted by molar-refractivity contribution is 0.0707. The number of amides is 1. The van der Waals surface area contributed by atoms with Crippen LogP contribution in [0.4, 0.5) is 0 Å². The highest BCUT2D eigenvalue weighted by atomic mass is 32.1. The van der Waals surface area contributed by atoms with E-state index in [2.05, 4.69) is 15.0 Å². The molecule has 1 aliphatic heterocycles. The fourth-order valence-electron chi connectivity index (χ4n) is 3.71. The smallest absolute Gasteiger partial charge is 0.257 e. The second-order valence-corrected chi connectivity index (χ2v) is 7.86. The Morgan fingerprint density at radius 3 is 2.70 bits per heavy atom. The third-order valence-corrected chi connectivity index (χ3v) is 6.01. The van der Waals surface area contributed by atoms with Crippen molar-refractivity contribution in [3.63, 3.8) is 0 Å². The number of nitrogens with zero attached hydrogens (tertiary/aromatic N) is 3. The average Bonchev–Trinajstić information content (AvgIpc) is 3.33. The van der Waals surface area contributed by atoms with Crippen LogP contribution in [0.15, 0.2) is 40.6 Å². The number of ether oxygens (including phenoxy) is 2. The van der Waals surface area contributed by atoms with E-state index in [0.717, 1.165) is 5.01 Å². The second-order valence-electron chi connectivity index (χ2n) is 6.96. The fraction of sp³-hybridized carbons (Fsp3) is 0.333. The van der Waals surface area contributed by atoms with Crippen molar-refractivity contribution < 1.29 is 14.3 Å². The van der Waals surface area contributed by atoms with Crippen molar-refractivity contribution in [3.8, 4) is 22.2 Å². The molecule has 0 aliphatic carbocycles. The molecule has 0 unspecified atom stereocenters. The quantitative estimate of drug-likeness (QED) is 0.674. The third-order valence-electron chi connectivity index (χ3n) is 5.21. The normalized spacial score (nSPS) is 14.5. The highest BCUT2D eigenvalue weighted by molar-refractivity contribution is 7.13. The molecule has 1 fully saturated rings. The molecule has 8 nitrogen and oxygen atoms in total. The zero-order valence-electron chi connectivity index (χ0n) is 16.8. The summed E-state index contributed by atoms with van der Waals surface area (Å²) < 4.78 is 10.7. The minimum absolute atomic E-state index is 0.0777. The summed E-state index contributed by atoms with van der Waals surface area (Å²) in [6.07, 6.45) is 3.12. The van der Waals surface area contributed by atoms with Gasteiger partial charge in [0.05, 0.1) is 19.8 Å². The van der Waals surface area contributed by atoms with Gasteiger partial charge in [-0.3, -0.25) is 9.59 Å². The summed E-state index contributed by atoms with van der Waals surface area (Å²) in [5.41, 5.74) is 0.876. The van der Waals surface area contributed by atoms with E-state index >= 15 is 0 Å². The number of thiazole rings is 1. The number of carbonyl (C=O) groups is 1. The highest BCUT2D eigenvalue weighted by Gasteiger charge is 2.28. The predicted molar refractivity (Wildman–Crippen MR) is 113 cm³/mol. The van der Waals surface area contributed by atoms with E-state index in [0.29, 0.717) is 54.5 Å². The first-order valence-corrected chi connectivity index (χ1v) is 10.5. The van der Waals surface area contributed by atoms with Gasteiger partial charge in [0.25, 0.3) is 11.5 Å². The number of piperidine rings is 1. The zero-order valence-corrected chi connectivity index (χ0v) is 17.6. The van der Waals surface area contributed by atoms with Gasteiger partial charge < -0.3 is 19.4 Å². The van der Waals surface area contributed by atoms with E-state index in [1.54, 1.807) is 36.4 Å². The van der Waals surface area contributed by atoms with E-state index in [-0.39, 0.29) is 17.4 Å². The molecule has 4 rings (SSSR count). The Morgan fingerprint density at radius 2 is 2.03 bits per heavy atom. The maximum Gasteiger partial charge on any atom is 0.257 e. The molecule has 0 spiro atoms. The Hall–Kier alpha value is -3.20. The number of likely N-dealkylation sites (tertiary alicyclic amines) is 1. The van der Waals surface area contributed by atoms with Crippen LogP contribution in [0, 0.1) is 0 Å². The molecule has 1 N–H and O–H groups in total. The van der Waals surface area contributed by atoms with E-state index in [9.17, 15) is 9.59 Å². The number of para-hydroxylation sites is 1. The summed E-state index contributed by atoms with van der Waals surface area (Å²) in [5, 5.41) is 2.58. The topological polar surface area (TPSA) is 97.4 Å². The van der Waals surface area contributed by atoms with Gasteiger partial charge in [-0.05, 0) is 25.0 Å². The van der Waals surface area contributed by atoms with Crippen molar-refractivity contribution >= 4 is 17.2 Å². The molecule has 2 aromatic heterocycles. The molecule has 3 heterocycles. The van der Waals surface area contributed by atoms with Gasteiger partial charge in [-0.1, -0.05) is 6.07 Å². The van der Waals surface area contributed by atoms with Gasteiger partial charge in [-0.25, -0.2) is 9.97 Å². The number of nitrogens with one attached hydrogen (secondary N) is 1. The van der Waals surface area contributed by atoms with Gasteiger partial charge in [0, 0.05) is 36.7 Å². The molecule has 1 saturated heterocycles. The first kappa shape index (κ1) is 20.1. The van der Waals surface area contributed by atoms with Crippen molar-refractivity contribution in [1.29, 1.82) is 0 Å². The van der Waals surface area contributed by atoms with Gasteiger partial charge in [0.1, 0.15) is 16.5 Å². The number of aromatic nitrogens is 3. The third kappa shape index (κ3) is 3.93. The molecule has 1 aliphatic rings. The van der Waals surface area contributed by atoms with E-state index in [1.165, 1.54) is 24.5 Å². The van der Waals surface area contributed by atoms with Crippen LogP contribution in [0.1, 0.15) is 34.9 Å². The lowest BCUT2D eigenvalue weighted by Gasteiger charge is -2.32. The Labute approximate surface area is 177 Å². The van der Waals surface area contributed by atoms with E-state index in [4.69, 9.17) is 9.47 Å². The Bertz CT molecular complexity index is 1090. The first-order valence-electron chi connectivity index (χ1n) is 9.62. The number of benzene rings is 1. The molecule has 0 radical (unpaired) electrons. The molecular weight excluding hydrogens is 404 g/mol. The molecule has 0 bridgehead atoms. The van der Waals surface area contributed by atoms with Crippen LogP contribution >= 0.6 is 11.3 Å². The van der Waals surface area contributed by atoms with Crippen molar-refractivity contribution in [2.24, 2.45) is 0 Å². The highest BCUT2D eigenvalue weighted by Crippen LogP contribution is 2.33.